The van der Waals surface area contributed by atoms with E-state index in [1.807, 2.05) is 0 Å². The van der Waals surface area contributed by atoms with Gasteiger partial charge in [-0.15, -0.1) is 0 Å². The molecule has 0 bridgehead atoms. The molecule has 1 amide bonds. The summed E-state index contributed by atoms with van der Waals surface area (Å²) in [6.45, 7) is 4.53. The molecule has 0 aliphatic carbocycles. The summed E-state index contributed by atoms with van der Waals surface area (Å²) in [5, 5.41) is 11.6. The van der Waals surface area contributed by atoms with Crippen molar-refractivity contribution in [2.45, 2.75) is 24.8 Å². The van der Waals surface area contributed by atoms with Gasteiger partial charge in [-0.2, -0.15) is 4.31 Å². The number of carbonyl (C=O) groups excluding carboxylic acids is 1. The number of carboxylic acids is 1. The number of amides is 1. The van der Waals surface area contributed by atoms with Crippen LogP contribution in [0.5, 0.6) is 0 Å². The van der Waals surface area contributed by atoms with E-state index in [1.165, 1.54) is 28.6 Å². The maximum atomic E-state index is 12.6. The molecule has 0 radical (unpaired) electrons. The van der Waals surface area contributed by atoms with E-state index in [2.05, 4.69) is 5.32 Å². The number of ether oxygens (including phenoxy) is 1. The summed E-state index contributed by atoms with van der Waals surface area (Å²) >= 11 is 0. The minimum Gasteiger partial charge on any atom is -0.480 e. The van der Waals surface area contributed by atoms with Gasteiger partial charge in [0.05, 0.1) is 18.1 Å². The van der Waals surface area contributed by atoms with Gasteiger partial charge >= 0.3 is 5.97 Å². The van der Waals surface area contributed by atoms with Gasteiger partial charge in [0.1, 0.15) is 6.04 Å². The monoisotopic (exact) mass is 370 g/mol. The first kappa shape index (κ1) is 19.4. The first-order chi connectivity index (χ1) is 11.7. The molecule has 9 heteroatoms. The summed E-state index contributed by atoms with van der Waals surface area (Å²) < 4.78 is 31.8. The van der Waals surface area contributed by atoms with E-state index in [0.29, 0.717) is 13.2 Å². The van der Waals surface area contributed by atoms with E-state index < -0.39 is 27.9 Å². The molecule has 0 spiro atoms. The lowest BCUT2D eigenvalue weighted by Crippen LogP contribution is -2.44. The van der Waals surface area contributed by atoms with Crippen LogP contribution in [0.3, 0.4) is 0 Å². The first-order valence-electron chi connectivity index (χ1n) is 7.95. The van der Waals surface area contributed by atoms with Gasteiger partial charge < -0.3 is 15.2 Å². The van der Waals surface area contributed by atoms with E-state index in [1.54, 1.807) is 13.8 Å². The number of sulfonamides is 1. The van der Waals surface area contributed by atoms with Crippen LogP contribution in [-0.4, -0.2) is 62.1 Å². The number of aliphatic carboxylic acids is 1. The highest BCUT2D eigenvalue weighted by molar-refractivity contribution is 7.89. The SMILES string of the molecule is CC(C)[C@H](NC(=O)c1cccc(S(=O)(=O)N2CCOCC2)c1)C(=O)O. The topological polar surface area (TPSA) is 113 Å². The highest BCUT2D eigenvalue weighted by Gasteiger charge is 2.28. The van der Waals surface area contributed by atoms with Crippen LogP contribution in [0.1, 0.15) is 24.2 Å². The lowest BCUT2D eigenvalue weighted by atomic mass is 10.0. The minimum atomic E-state index is -3.72. The molecule has 0 unspecified atom stereocenters. The smallest absolute Gasteiger partial charge is 0.326 e. The Kier molecular flexibility index (Phi) is 6.15. The van der Waals surface area contributed by atoms with Crippen molar-refractivity contribution in [3.8, 4) is 0 Å². The van der Waals surface area contributed by atoms with Gasteiger partial charge in [-0.05, 0) is 24.1 Å². The standard InChI is InChI=1S/C16H22N2O6S/c1-11(2)14(16(20)21)17-15(19)12-4-3-5-13(10-12)25(22,23)18-6-8-24-9-7-18/h3-5,10-11,14H,6-9H2,1-2H3,(H,17,19)(H,20,21)/t14-/m0/s1. The van der Waals surface area contributed by atoms with Crippen molar-refractivity contribution in [3.63, 3.8) is 0 Å². The molecule has 1 aliphatic rings. The molecule has 0 saturated carbocycles. The molecule has 138 valence electrons. The molecule has 25 heavy (non-hydrogen) atoms. The molecule has 2 N–H and O–H groups in total. The fourth-order valence-electron chi connectivity index (χ4n) is 2.47. The van der Waals surface area contributed by atoms with Crippen molar-refractivity contribution >= 4 is 21.9 Å². The third kappa shape index (κ3) is 4.56. The van der Waals surface area contributed by atoms with Gasteiger partial charge in [0.15, 0.2) is 0 Å². The molecule has 1 saturated heterocycles. The van der Waals surface area contributed by atoms with Crippen LogP contribution in [0.25, 0.3) is 0 Å². The van der Waals surface area contributed by atoms with Crippen molar-refractivity contribution in [1.82, 2.24) is 9.62 Å². The third-order valence-corrected chi connectivity index (χ3v) is 5.82. The van der Waals surface area contributed by atoms with Crippen molar-refractivity contribution in [2.24, 2.45) is 5.92 Å². The summed E-state index contributed by atoms with van der Waals surface area (Å²) in [6, 6.07) is 4.55. The number of nitrogens with one attached hydrogen (secondary N) is 1. The van der Waals surface area contributed by atoms with Crippen molar-refractivity contribution in [2.75, 3.05) is 26.3 Å². The van der Waals surface area contributed by atoms with Crippen LogP contribution in [0.15, 0.2) is 29.2 Å². The Labute approximate surface area is 146 Å². The fourth-order valence-corrected chi connectivity index (χ4v) is 3.93. The quantitative estimate of drug-likeness (QED) is 0.756. The summed E-state index contributed by atoms with van der Waals surface area (Å²) in [5.41, 5.74) is 0.0984. The highest BCUT2D eigenvalue weighted by atomic mass is 32.2. The van der Waals surface area contributed by atoms with Crippen LogP contribution < -0.4 is 5.32 Å². The molecule has 1 aromatic rings. The van der Waals surface area contributed by atoms with E-state index in [4.69, 9.17) is 9.84 Å². The molecule has 0 aromatic heterocycles. The number of nitrogens with zero attached hydrogens (tertiary/aromatic N) is 1. The molecule has 1 aliphatic heterocycles. The molecular formula is C16H22N2O6S. The normalized spacial score (nSPS) is 17.2. The summed E-state index contributed by atoms with van der Waals surface area (Å²) in [4.78, 5) is 23.5. The fraction of sp³-hybridized carbons (Fsp3) is 0.500. The average Bonchev–Trinajstić information content (AvgIpc) is 2.59. The summed E-state index contributed by atoms with van der Waals surface area (Å²) in [7, 11) is -3.72. The molecule has 2 rings (SSSR count). The van der Waals surface area contributed by atoms with Crippen LogP contribution in [0.4, 0.5) is 0 Å². The van der Waals surface area contributed by atoms with Crippen molar-refractivity contribution in [1.29, 1.82) is 0 Å². The van der Waals surface area contributed by atoms with Gasteiger partial charge in [0.25, 0.3) is 5.91 Å². The molecule has 1 heterocycles. The Morgan fingerprint density at radius 1 is 1.24 bits per heavy atom. The zero-order valence-corrected chi connectivity index (χ0v) is 15.0. The maximum absolute atomic E-state index is 12.6. The number of rotatable bonds is 6. The lowest BCUT2D eigenvalue weighted by molar-refractivity contribution is -0.140. The Morgan fingerprint density at radius 2 is 1.88 bits per heavy atom. The number of hydrogen-bond donors (Lipinski definition) is 2. The summed E-state index contributed by atoms with van der Waals surface area (Å²) in [6.07, 6.45) is 0. The minimum absolute atomic E-state index is 0.00141. The number of hydrogen-bond acceptors (Lipinski definition) is 5. The maximum Gasteiger partial charge on any atom is 0.326 e. The number of morpholine rings is 1. The lowest BCUT2D eigenvalue weighted by Gasteiger charge is -2.26. The number of benzene rings is 1. The molecule has 1 fully saturated rings. The second-order valence-corrected chi connectivity index (χ2v) is 8.02. The van der Waals surface area contributed by atoms with E-state index >= 15 is 0 Å². The number of carboxylic acid groups (broad SMARTS) is 1. The van der Waals surface area contributed by atoms with Gasteiger partial charge in [-0.1, -0.05) is 19.9 Å². The van der Waals surface area contributed by atoms with Gasteiger partial charge in [-0.25, -0.2) is 13.2 Å². The Bertz CT molecular complexity index is 741. The largest absolute Gasteiger partial charge is 0.480 e. The summed E-state index contributed by atoms with van der Waals surface area (Å²) in [5.74, 6) is -2.07. The molecule has 8 nitrogen and oxygen atoms in total. The predicted molar refractivity (Wildman–Crippen MR) is 89.7 cm³/mol. The second-order valence-electron chi connectivity index (χ2n) is 6.08. The van der Waals surface area contributed by atoms with E-state index in [9.17, 15) is 18.0 Å². The predicted octanol–water partition coefficient (Wildman–Crippen LogP) is 0.547. The van der Waals surface area contributed by atoms with Crippen molar-refractivity contribution in [3.05, 3.63) is 29.8 Å². The van der Waals surface area contributed by atoms with Gasteiger partial charge in [0.2, 0.25) is 10.0 Å². The zero-order chi connectivity index (χ0) is 18.6. The highest BCUT2D eigenvalue weighted by Crippen LogP contribution is 2.18. The van der Waals surface area contributed by atoms with Gasteiger partial charge in [0, 0.05) is 18.7 Å². The van der Waals surface area contributed by atoms with Gasteiger partial charge in [-0.3, -0.25) is 4.79 Å². The van der Waals surface area contributed by atoms with Crippen LogP contribution in [0.2, 0.25) is 0 Å². The average molecular weight is 370 g/mol. The van der Waals surface area contributed by atoms with Crippen LogP contribution in [-0.2, 0) is 19.6 Å². The third-order valence-electron chi connectivity index (χ3n) is 3.92. The molecular weight excluding hydrogens is 348 g/mol. The van der Waals surface area contributed by atoms with E-state index in [0.717, 1.165) is 0 Å². The van der Waals surface area contributed by atoms with Crippen LogP contribution >= 0.6 is 0 Å². The Balaban J connectivity index is 2.23. The molecule has 1 atom stereocenters. The number of carbonyl (C=O) groups is 2. The second kappa shape index (κ2) is 7.94. The van der Waals surface area contributed by atoms with E-state index in [-0.39, 0.29) is 29.5 Å². The van der Waals surface area contributed by atoms with Crippen molar-refractivity contribution < 1.29 is 27.9 Å². The Hall–Kier alpha value is -1.97. The van der Waals surface area contributed by atoms with Crippen LogP contribution in [0, 0.1) is 5.92 Å². The molecule has 1 aromatic carbocycles. The zero-order valence-electron chi connectivity index (χ0n) is 14.1. The first-order valence-corrected chi connectivity index (χ1v) is 9.39. The Morgan fingerprint density at radius 3 is 2.44 bits per heavy atom.